The highest BCUT2D eigenvalue weighted by atomic mass is 16.6. The number of fused-ring (bicyclic) bond motifs is 1. The normalized spacial score (nSPS) is 31.9. The molecular weight excluding hydrogens is 188 g/mol. The molecule has 1 heterocycles. The average molecular weight is 200 g/mol. The third-order valence-corrected chi connectivity index (χ3v) is 2.94. The molecular formula is C9H12O5. The summed E-state index contributed by atoms with van der Waals surface area (Å²) in [6.07, 6.45) is 0.843. The minimum absolute atomic E-state index is 0.0354. The molecule has 78 valence electrons. The quantitative estimate of drug-likeness (QED) is 0.353. The van der Waals surface area contributed by atoms with Crippen molar-refractivity contribution in [3.05, 3.63) is 0 Å². The van der Waals surface area contributed by atoms with Crippen LogP contribution in [0.1, 0.15) is 12.8 Å². The molecule has 2 fully saturated rings. The summed E-state index contributed by atoms with van der Waals surface area (Å²) in [5.74, 6) is -1.03. The van der Waals surface area contributed by atoms with Gasteiger partial charge in [-0.3, -0.25) is 9.59 Å². The van der Waals surface area contributed by atoms with Gasteiger partial charge in [-0.2, -0.15) is 0 Å². The van der Waals surface area contributed by atoms with E-state index < -0.39 is 17.4 Å². The Morgan fingerprint density at radius 2 is 1.57 bits per heavy atom. The molecule has 0 amide bonds. The number of esters is 2. The minimum atomic E-state index is -1.11. The Balaban J connectivity index is 2.21. The van der Waals surface area contributed by atoms with E-state index in [0.717, 1.165) is 0 Å². The number of hydrogen-bond donors (Lipinski definition) is 0. The number of rotatable bonds is 2. The van der Waals surface area contributed by atoms with Gasteiger partial charge in [0.05, 0.1) is 26.4 Å². The summed E-state index contributed by atoms with van der Waals surface area (Å²) in [4.78, 5) is 23.0. The second-order valence-corrected chi connectivity index (χ2v) is 3.69. The van der Waals surface area contributed by atoms with Crippen molar-refractivity contribution in [1.29, 1.82) is 0 Å². The average Bonchev–Trinajstić information content (AvgIpc) is 2.83. The van der Waals surface area contributed by atoms with Crippen LogP contribution >= 0.6 is 0 Å². The standard InChI is InChI=1S/C9H12O5/c1-12-7(10)9(8(11)13-2)3-5-6(4-9)14-5/h5-6H,3-4H2,1-2H3/t5-,6+. The van der Waals surface area contributed by atoms with Gasteiger partial charge in [0.25, 0.3) is 0 Å². The van der Waals surface area contributed by atoms with E-state index >= 15 is 0 Å². The maximum atomic E-state index is 11.5. The molecule has 1 saturated carbocycles. The monoisotopic (exact) mass is 200 g/mol. The minimum Gasteiger partial charge on any atom is -0.468 e. The van der Waals surface area contributed by atoms with E-state index in [0.29, 0.717) is 12.8 Å². The topological polar surface area (TPSA) is 65.1 Å². The van der Waals surface area contributed by atoms with Crippen LogP contribution in [0.3, 0.4) is 0 Å². The van der Waals surface area contributed by atoms with Crippen LogP contribution in [0.2, 0.25) is 0 Å². The molecule has 2 rings (SSSR count). The first-order valence-corrected chi connectivity index (χ1v) is 4.46. The van der Waals surface area contributed by atoms with Crippen LogP contribution in [-0.4, -0.2) is 38.4 Å². The summed E-state index contributed by atoms with van der Waals surface area (Å²) in [6, 6.07) is 0. The Kier molecular flexibility index (Phi) is 1.99. The molecule has 14 heavy (non-hydrogen) atoms. The molecule has 0 aromatic heterocycles. The molecule has 0 spiro atoms. The van der Waals surface area contributed by atoms with Crippen molar-refractivity contribution in [3.8, 4) is 0 Å². The van der Waals surface area contributed by atoms with E-state index in [1.54, 1.807) is 0 Å². The van der Waals surface area contributed by atoms with Gasteiger partial charge in [-0.25, -0.2) is 0 Å². The highest BCUT2D eigenvalue weighted by Crippen LogP contribution is 2.51. The first-order chi connectivity index (χ1) is 6.64. The van der Waals surface area contributed by atoms with Crippen LogP contribution in [0, 0.1) is 5.41 Å². The molecule has 0 radical (unpaired) electrons. The molecule has 2 aliphatic rings. The first-order valence-electron chi connectivity index (χ1n) is 4.46. The zero-order valence-electron chi connectivity index (χ0n) is 8.11. The lowest BCUT2D eigenvalue weighted by Crippen LogP contribution is -2.40. The van der Waals surface area contributed by atoms with Crippen molar-refractivity contribution in [2.75, 3.05) is 14.2 Å². The van der Waals surface area contributed by atoms with Crippen molar-refractivity contribution in [2.24, 2.45) is 5.41 Å². The van der Waals surface area contributed by atoms with Crippen molar-refractivity contribution in [1.82, 2.24) is 0 Å². The van der Waals surface area contributed by atoms with Gasteiger partial charge in [0.2, 0.25) is 0 Å². The summed E-state index contributed by atoms with van der Waals surface area (Å²) in [5.41, 5.74) is -1.11. The van der Waals surface area contributed by atoms with Crippen molar-refractivity contribution < 1.29 is 23.8 Å². The second kappa shape index (κ2) is 2.95. The first kappa shape index (κ1) is 9.45. The highest BCUT2D eigenvalue weighted by molar-refractivity contribution is 6.00. The second-order valence-electron chi connectivity index (χ2n) is 3.69. The van der Waals surface area contributed by atoms with Gasteiger partial charge in [0.15, 0.2) is 5.41 Å². The van der Waals surface area contributed by atoms with Crippen molar-refractivity contribution in [3.63, 3.8) is 0 Å². The lowest BCUT2D eigenvalue weighted by atomic mass is 9.85. The van der Waals surface area contributed by atoms with Crippen LogP contribution in [0.25, 0.3) is 0 Å². The smallest absolute Gasteiger partial charge is 0.323 e. The fraction of sp³-hybridized carbons (Fsp3) is 0.778. The molecule has 0 aromatic rings. The summed E-state index contributed by atoms with van der Waals surface area (Å²) in [6.45, 7) is 0. The summed E-state index contributed by atoms with van der Waals surface area (Å²) in [7, 11) is 2.55. The van der Waals surface area contributed by atoms with Gasteiger partial charge in [0.1, 0.15) is 0 Å². The van der Waals surface area contributed by atoms with Crippen LogP contribution in [-0.2, 0) is 23.8 Å². The molecule has 0 unspecified atom stereocenters. The Morgan fingerprint density at radius 3 is 1.93 bits per heavy atom. The Morgan fingerprint density at radius 1 is 1.14 bits per heavy atom. The Bertz CT molecular complexity index is 257. The molecule has 1 aliphatic heterocycles. The highest BCUT2D eigenvalue weighted by Gasteiger charge is 2.64. The zero-order chi connectivity index (χ0) is 10.3. The largest absolute Gasteiger partial charge is 0.468 e. The number of hydrogen-bond acceptors (Lipinski definition) is 5. The number of ether oxygens (including phenoxy) is 3. The molecule has 5 nitrogen and oxygen atoms in total. The predicted octanol–water partition coefficient (Wildman–Crippen LogP) is -0.120. The lowest BCUT2D eigenvalue weighted by molar-refractivity contribution is -0.170. The van der Waals surface area contributed by atoms with Crippen LogP contribution in [0.15, 0.2) is 0 Å². The summed E-state index contributed by atoms with van der Waals surface area (Å²) >= 11 is 0. The molecule has 1 aliphatic carbocycles. The third kappa shape index (κ3) is 1.12. The number of carbonyl (C=O) groups is 2. The lowest BCUT2D eigenvalue weighted by Gasteiger charge is -2.23. The maximum Gasteiger partial charge on any atom is 0.323 e. The van der Waals surface area contributed by atoms with Gasteiger partial charge in [0, 0.05) is 12.8 Å². The molecule has 0 aromatic carbocycles. The molecule has 5 heteroatoms. The predicted molar refractivity (Wildman–Crippen MR) is 44.4 cm³/mol. The zero-order valence-corrected chi connectivity index (χ0v) is 8.11. The van der Waals surface area contributed by atoms with Crippen LogP contribution in [0.5, 0.6) is 0 Å². The maximum absolute atomic E-state index is 11.5. The van der Waals surface area contributed by atoms with Gasteiger partial charge in [-0.1, -0.05) is 0 Å². The van der Waals surface area contributed by atoms with E-state index in [4.69, 9.17) is 4.74 Å². The van der Waals surface area contributed by atoms with Gasteiger partial charge in [-0.15, -0.1) is 0 Å². The third-order valence-electron chi connectivity index (χ3n) is 2.94. The van der Waals surface area contributed by atoms with Crippen molar-refractivity contribution in [2.45, 2.75) is 25.0 Å². The summed E-state index contributed by atoms with van der Waals surface area (Å²) in [5, 5.41) is 0. The number of carbonyl (C=O) groups excluding carboxylic acids is 2. The SMILES string of the molecule is COC(=O)C1(C(=O)OC)C[C@@H]2O[C@@H]2C1. The molecule has 1 saturated heterocycles. The fourth-order valence-corrected chi connectivity index (χ4v) is 2.12. The van der Waals surface area contributed by atoms with E-state index in [9.17, 15) is 9.59 Å². The van der Waals surface area contributed by atoms with Crippen LogP contribution < -0.4 is 0 Å². The molecule has 2 atom stereocenters. The Labute approximate surface area is 81.3 Å². The van der Waals surface area contributed by atoms with Crippen LogP contribution in [0.4, 0.5) is 0 Å². The van der Waals surface area contributed by atoms with E-state index in [1.807, 2.05) is 0 Å². The Hall–Kier alpha value is -1.10. The van der Waals surface area contributed by atoms with Crippen molar-refractivity contribution >= 4 is 11.9 Å². The van der Waals surface area contributed by atoms with E-state index in [-0.39, 0.29) is 12.2 Å². The van der Waals surface area contributed by atoms with E-state index in [1.165, 1.54) is 14.2 Å². The molecule has 0 bridgehead atoms. The number of epoxide rings is 1. The van der Waals surface area contributed by atoms with Gasteiger partial charge >= 0.3 is 11.9 Å². The van der Waals surface area contributed by atoms with Gasteiger partial charge < -0.3 is 14.2 Å². The summed E-state index contributed by atoms with van der Waals surface area (Å²) < 4.78 is 14.4. The number of methoxy groups -OCH3 is 2. The van der Waals surface area contributed by atoms with Gasteiger partial charge in [-0.05, 0) is 0 Å². The fourth-order valence-electron chi connectivity index (χ4n) is 2.12. The van der Waals surface area contributed by atoms with E-state index in [2.05, 4.69) is 9.47 Å². The molecule has 0 N–H and O–H groups in total.